The topological polar surface area (TPSA) is 17.1 Å². The molecule has 0 aliphatic rings. The van der Waals surface area contributed by atoms with Gasteiger partial charge in [-0.2, -0.15) is 0 Å². The molecule has 112 valence electrons. The average Bonchev–Trinajstić information content (AvgIpc) is 2.38. The molecule has 0 aliphatic heterocycles. The second kappa shape index (κ2) is 12.4. The summed E-state index contributed by atoms with van der Waals surface area (Å²) in [5, 5.41) is 0. The predicted molar refractivity (Wildman–Crippen MR) is 85.4 cm³/mol. The minimum atomic E-state index is 0.377. The summed E-state index contributed by atoms with van der Waals surface area (Å²) in [6.45, 7) is 8.72. The quantitative estimate of drug-likeness (QED) is 0.316. The Morgan fingerprint density at radius 1 is 1.05 bits per heavy atom. The number of carbonyl (C=O) groups is 1. The Labute approximate surface area is 120 Å². The Balaban J connectivity index is 3.53. The fourth-order valence-electron chi connectivity index (χ4n) is 2.37. The fourth-order valence-corrected chi connectivity index (χ4v) is 2.37. The molecular formula is C18H34O. The van der Waals surface area contributed by atoms with Crippen LogP contribution in [0.4, 0.5) is 0 Å². The number of rotatable bonds is 12. The van der Waals surface area contributed by atoms with E-state index in [1.807, 2.05) is 6.92 Å². The van der Waals surface area contributed by atoms with Crippen molar-refractivity contribution in [3.05, 3.63) is 12.2 Å². The molecule has 19 heavy (non-hydrogen) atoms. The molecule has 0 bridgehead atoms. The van der Waals surface area contributed by atoms with E-state index in [-0.39, 0.29) is 0 Å². The van der Waals surface area contributed by atoms with Crippen molar-refractivity contribution in [3.8, 4) is 0 Å². The summed E-state index contributed by atoms with van der Waals surface area (Å²) >= 11 is 0. The highest BCUT2D eigenvalue weighted by Gasteiger charge is 2.04. The lowest BCUT2D eigenvalue weighted by atomic mass is 9.97. The molecule has 0 saturated carbocycles. The third-order valence-corrected chi connectivity index (χ3v) is 3.78. The van der Waals surface area contributed by atoms with Gasteiger partial charge in [0.25, 0.3) is 0 Å². The van der Waals surface area contributed by atoms with Crippen LogP contribution in [0.5, 0.6) is 0 Å². The number of hydrogen-bond acceptors (Lipinski definition) is 1. The molecule has 0 radical (unpaired) electrons. The molecule has 0 N–H and O–H groups in total. The van der Waals surface area contributed by atoms with Gasteiger partial charge in [0.05, 0.1) is 0 Å². The molecule has 1 heteroatoms. The zero-order valence-corrected chi connectivity index (χ0v) is 13.6. The lowest BCUT2D eigenvalue weighted by Crippen LogP contribution is -2.01. The average molecular weight is 266 g/mol. The van der Waals surface area contributed by atoms with Crippen molar-refractivity contribution in [3.63, 3.8) is 0 Å². The van der Waals surface area contributed by atoms with Gasteiger partial charge in [-0.1, -0.05) is 72.0 Å². The van der Waals surface area contributed by atoms with E-state index in [0.717, 1.165) is 5.92 Å². The molecular weight excluding hydrogens is 232 g/mol. The van der Waals surface area contributed by atoms with Crippen LogP contribution in [0.2, 0.25) is 0 Å². The minimum Gasteiger partial charge on any atom is -0.300 e. The Morgan fingerprint density at radius 2 is 1.74 bits per heavy atom. The highest BCUT2D eigenvalue weighted by atomic mass is 16.1. The zero-order valence-electron chi connectivity index (χ0n) is 13.6. The Bertz CT molecular complexity index is 242. The summed E-state index contributed by atoms with van der Waals surface area (Å²) in [5.41, 5.74) is 0. The van der Waals surface area contributed by atoms with Gasteiger partial charge in [0, 0.05) is 12.8 Å². The van der Waals surface area contributed by atoms with Crippen molar-refractivity contribution < 1.29 is 4.79 Å². The van der Waals surface area contributed by atoms with Crippen LogP contribution in [0.25, 0.3) is 0 Å². The number of ketones is 1. The van der Waals surface area contributed by atoms with Crippen LogP contribution in [0.15, 0.2) is 12.2 Å². The first-order valence-corrected chi connectivity index (χ1v) is 8.28. The van der Waals surface area contributed by atoms with Crippen LogP contribution in [0, 0.1) is 11.8 Å². The normalized spacial score (nSPS) is 14.7. The molecule has 2 atom stereocenters. The van der Waals surface area contributed by atoms with Gasteiger partial charge in [-0.25, -0.2) is 0 Å². The van der Waals surface area contributed by atoms with E-state index in [1.165, 1.54) is 44.9 Å². The summed E-state index contributed by atoms with van der Waals surface area (Å²) in [4.78, 5) is 11.3. The number of allylic oxidation sites excluding steroid dienone is 2. The van der Waals surface area contributed by atoms with E-state index in [4.69, 9.17) is 0 Å². The first kappa shape index (κ1) is 18.4. The van der Waals surface area contributed by atoms with Crippen LogP contribution < -0.4 is 0 Å². The molecule has 0 aromatic carbocycles. The van der Waals surface area contributed by atoms with E-state index in [2.05, 4.69) is 32.9 Å². The highest BCUT2D eigenvalue weighted by molar-refractivity contribution is 5.78. The molecule has 0 fully saturated rings. The highest BCUT2D eigenvalue weighted by Crippen LogP contribution is 2.16. The van der Waals surface area contributed by atoms with Crippen molar-refractivity contribution >= 4 is 5.78 Å². The van der Waals surface area contributed by atoms with E-state index >= 15 is 0 Å². The SMILES string of the molecule is CCCCCC(C)CCC/C=C/C(C)CC(=O)CC. The van der Waals surface area contributed by atoms with E-state index in [9.17, 15) is 4.79 Å². The lowest BCUT2D eigenvalue weighted by molar-refractivity contribution is -0.119. The predicted octanol–water partition coefficient (Wildman–Crippen LogP) is 5.93. The Hall–Kier alpha value is -0.590. The molecule has 0 saturated heterocycles. The van der Waals surface area contributed by atoms with Crippen LogP contribution in [0.3, 0.4) is 0 Å². The molecule has 0 aromatic rings. The lowest BCUT2D eigenvalue weighted by Gasteiger charge is -2.09. The molecule has 2 unspecified atom stereocenters. The van der Waals surface area contributed by atoms with Crippen LogP contribution in [-0.2, 0) is 4.79 Å². The van der Waals surface area contributed by atoms with Gasteiger partial charge in [0.1, 0.15) is 5.78 Å². The maximum atomic E-state index is 11.3. The van der Waals surface area contributed by atoms with Crippen LogP contribution in [0.1, 0.15) is 85.5 Å². The summed E-state index contributed by atoms with van der Waals surface area (Å²) in [6.07, 6.45) is 15.2. The standard InChI is InChI=1S/C18H34O/c1-5-7-9-12-16(3)13-10-8-11-14-17(4)15-18(19)6-2/h11,14,16-17H,5-10,12-13,15H2,1-4H3/b14-11+. The second-order valence-corrected chi connectivity index (χ2v) is 6.03. The summed E-state index contributed by atoms with van der Waals surface area (Å²) in [5.74, 6) is 1.66. The molecule has 0 aromatic heterocycles. The van der Waals surface area contributed by atoms with Crippen molar-refractivity contribution in [2.75, 3.05) is 0 Å². The number of carbonyl (C=O) groups excluding carboxylic acids is 1. The molecule has 0 aliphatic carbocycles. The van der Waals surface area contributed by atoms with E-state index < -0.39 is 0 Å². The monoisotopic (exact) mass is 266 g/mol. The van der Waals surface area contributed by atoms with E-state index in [0.29, 0.717) is 24.5 Å². The summed E-state index contributed by atoms with van der Waals surface area (Å²) in [7, 11) is 0. The van der Waals surface area contributed by atoms with Gasteiger partial charge in [-0.05, 0) is 24.7 Å². The number of Topliss-reactive ketones (excluding diaryl/α,β-unsaturated/α-hetero) is 1. The first-order valence-electron chi connectivity index (χ1n) is 8.28. The Morgan fingerprint density at radius 3 is 2.37 bits per heavy atom. The van der Waals surface area contributed by atoms with Crippen LogP contribution in [-0.4, -0.2) is 5.78 Å². The van der Waals surface area contributed by atoms with Gasteiger partial charge >= 0.3 is 0 Å². The molecule has 0 heterocycles. The smallest absolute Gasteiger partial charge is 0.133 e. The third kappa shape index (κ3) is 12.2. The summed E-state index contributed by atoms with van der Waals surface area (Å²) < 4.78 is 0. The Kier molecular flexibility index (Phi) is 12.1. The van der Waals surface area contributed by atoms with Gasteiger partial charge in [-0.15, -0.1) is 0 Å². The van der Waals surface area contributed by atoms with Crippen molar-refractivity contribution in [1.29, 1.82) is 0 Å². The third-order valence-electron chi connectivity index (χ3n) is 3.78. The maximum Gasteiger partial charge on any atom is 0.133 e. The molecule has 0 spiro atoms. The largest absolute Gasteiger partial charge is 0.300 e. The molecule has 0 amide bonds. The van der Waals surface area contributed by atoms with Crippen molar-refractivity contribution in [2.24, 2.45) is 11.8 Å². The minimum absolute atomic E-state index is 0.377. The van der Waals surface area contributed by atoms with Crippen molar-refractivity contribution in [1.82, 2.24) is 0 Å². The van der Waals surface area contributed by atoms with Gasteiger partial charge in [0.2, 0.25) is 0 Å². The van der Waals surface area contributed by atoms with Crippen molar-refractivity contribution in [2.45, 2.75) is 85.5 Å². The fraction of sp³-hybridized carbons (Fsp3) is 0.833. The molecule has 1 nitrogen and oxygen atoms in total. The van der Waals surface area contributed by atoms with Gasteiger partial charge < -0.3 is 0 Å². The zero-order chi connectivity index (χ0) is 14.5. The van der Waals surface area contributed by atoms with Gasteiger partial charge in [0.15, 0.2) is 0 Å². The van der Waals surface area contributed by atoms with Crippen LogP contribution >= 0.6 is 0 Å². The summed E-state index contributed by atoms with van der Waals surface area (Å²) in [6, 6.07) is 0. The van der Waals surface area contributed by atoms with Gasteiger partial charge in [-0.3, -0.25) is 4.79 Å². The van der Waals surface area contributed by atoms with E-state index in [1.54, 1.807) is 0 Å². The second-order valence-electron chi connectivity index (χ2n) is 6.03. The molecule has 0 rings (SSSR count). The first-order chi connectivity index (χ1) is 9.10. The number of hydrogen-bond donors (Lipinski definition) is 0. The number of unbranched alkanes of at least 4 members (excludes halogenated alkanes) is 3. The maximum absolute atomic E-state index is 11.3.